The van der Waals surface area contributed by atoms with Crippen LogP contribution >= 0.6 is 0 Å². The average Bonchev–Trinajstić information content (AvgIpc) is 2.44. The molecule has 0 aliphatic carbocycles. The number of nitrogens with two attached hydrogens (primary N) is 1. The number of hydrogen-bond donors (Lipinski definition) is 1. The average molecular weight is 240 g/mol. The molecule has 0 bridgehead atoms. The molecule has 0 aliphatic rings. The molecule has 2 nitrogen and oxygen atoms in total. The molecule has 0 saturated carbocycles. The van der Waals surface area contributed by atoms with Crippen LogP contribution in [-0.4, -0.2) is 11.5 Å². The third-order valence-corrected chi connectivity index (χ3v) is 3.09. The lowest BCUT2D eigenvalue weighted by Crippen LogP contribution is -2.00. The summed E-state index contributed by atoms with van der Waals surface area (Å²) in [6.45, 7) is 0.764. The van der Waals surface area contributed by atoms with Crippen molar-refractivity contribution < 1.29 is 0 Å². The van der Waals surface area contributed by atoms with Gasteiger partial charge in [0.2, 0.25) is 0 Å². The summed E-state index contributed by atoms with van der Waals surface area (Å²) in [7, 11) is 0. The summed E-state index contributed by atoms with van der Waals surface area (Å²) in [6.07, 6.45) is 8.02. The van der Waals surface area contributed by atoms with E-state index in [2.05, 4.69) is 35.3 Å². The largest absolute Gasteiger partial charge is 0.330 e. The fourth-order valence-corrected chi connectivity index (χ4v) is 2.08. The van der Waals surface area contributed by atoms with Gasteiger partial charge in [0.1, 0.15) is 0 Å². The molecule has 2 heteroatoms. The van der Waals surface area contributed by atoms with Crippen molar-refractivity contribution in [1.82, 2.24) is 4.98 Å². The van der Waals surface area contributed by atoms with Crippen molar-refractivity contribution in [3.63, 3.8) is 0 Å². The molecule has 1 aromatic carbocycles. The highest BCUT2D eigenvalue weighted by atomic mass is 14.6. The van der Waals surface area contributed by atoms with Gasteiger partial charge in [-0.15, -0.1) is 0 Å². The van der Waals surface area contributed by atoms with Crippen LogP contribution in [0, 0.1) is 0 Å². The Bertz CT molecular complexity index is 466. The van der Waals surface area contributed by atoms with Gasteiger partial charge in [0.15, 0.2) is 0 Å². The van der Waals surface area contributed by atoms with Crippen LogP contribution in [0.1, 0.15) is 23.1 Å². The van der Waals surface area contributed by atoms with Crippen LogP contribution in [0.2, 0.25) is 0 Å². The van der Waals surface area contributed by atoms with Crippen molar-refractivity contribution in [1.29, 1.82) is 0 Å². The molecular formula is C16H20N2. The molecule has 0 radical (unpaired) electrons. The summed E-state index contributed by atoms with van der Waals surface area (Å²) in [4.78, 5) is 4.14. The highest BCUT2D eigenvalue weighted by Gasteiger charge is 1.98. The summed E-state index contributed by atoms with van der Waals surface area (Å²) in [6, 6.07) is 12.9. The van der Waals surface area contributed by atoms with Crippen molar-refractivity contribution in [3.05, 3.63) is 65.5 Å². The van der Waals surface area contributed by atoms with Crippen molar-refractivity contribution >= 4 is 0 Å². The minimum Gasteiger partial charge on any atom is -0.330 e. The maximum absolute atomic E-state index is 5.54. The molecule has 0 atom stereocenters. The van der Waals surface area contributed by atoms with E-state index in [1.54, 1.807) is 0 Å². The highest BCUT2D eigenvalue weighted by molar-refractivity contribution is 5.25. The second-order valence-corrected chi connectivity index (χ2v) is 4.57. The van der Waals surface area contributed by atoms with Gasteiger partial charge in [-0.25, -0.2) is 0 Å². The highest BCUT2D eigenvalue weighted by Crippen LogP contribution is 2.10. The molecule has 1 heterocycles. The standard InChI is InChI=1S/C16H20N2/c17-10-2-6-14-4-1-5-15(12-14)8-9-16-7-3-11-18-13-16/h1,3-5,7,11-13H,2,6,8-10,17H2. The lowest BCUT2D eigenvalue weighted by molar-refractivity contribution is 0.829. The van der Waals surface area contributed by atoms with E-state index in [-0.39, 0.29) is 0 Å². The molecule has 0 aliphatic heterocycles. The van der Waals surface area contributed by atoms with E-state index in [1.807, 2.05) is 18.5 Å². The van der Waals surface area contributed by atoms with Gasteiger partial charge in [0, 0.05) is 12.4 Å². The zero-order valence-electron chi connectivity index (χ0n) is 10.7. The molecule has 0 unspecified atom stereocenters. The third kappa shape index (κ3) is 3.97. The Morgan fingerprint density at radius 2 is 1.61 bits per heavy atom. The number of nitrogens with zero attached hydrogens (tertiary/aromatic N) is 1. The van der Waals surface area contributed by atoms with Gasteiger partial charge < -0.3 is 5.73 Å². The maximum Gasteiger partial charge on any atom is 0.0299 e. The summed E-state index contributed by atoms with van der Waals surface area (Å²) in [5.74, 6) is 0. The van der Waals surface area contributed by atoms with E-state index >= 15 is 0 Å². The van der Waals surface area contributed by atoms with Crippen LogP contribution in [0.4, 0.5) is 0 Å². The molecule has 94 valence electrons. The normalized spacial score (nSPS) is 10.5. The van der Waals surface area contributed by atoms with Crippen molar-refractivity contribution in [2.75, 3.05) is 6.54 Å². The van der Waals surface area contributed by atoms with Gasteiger partial charge in [0.05, 0.1) is 0 Å². The first kappa shape index (κ1) is 12.8. The lowest BCUT2D eigenvalue weighted by atomic mass is 10.0. The van der Waals surface area contributed by atoms with Gasteiger partial charge >= 0.3 is 0 Å². The van der Waals surface area contributed by atoms with Gasteiger partial charge in [-0.05, 0) is 55.0 Å². The quantitative estimate of drug-likeness (QED) is 0.843. The molecule has 2 rings (SSSR count). The first-order valence-electron chi connectivity index (χ1n) is 6.55. The Labute approximate surface area is 109 Å². The number of pyridine rings is 1. The Balaban J connectivity index is 1.93. The lowest BCUT2D eigenvalue weighted by Gasteiger charge is -2.05. The van der Waals surface area contributed by atoms with Crippen LogP contribution in [0.15, 0.2) is 48.8 Å². The SMILES string of the molecule is NCCCc1cccc(CCc2cccnc2)c1. The van der Waals surface area contributed by atoms with E-state index in [0.29, 0.717) is 0 Å². The molecule has 1 aromatic heterocycles. The molecule has 0 fully saturated rings. The monoisotopic (exact) mass is 240 g/mol. The van der Waals surface area contributed by atoms with Crippen LogP contribution in [0.3, 0.4) is 0 Å². The molecule has 0 amide bonds. The summed E-state index contributed by atoms with van der Waals surface area (Å²) >= 11 is 0. The number of benzene rings is 1. The second kappa shape index (κ2) is 6.92. The Kier molecular flexibility index (Phi) is 4.91. The van der Waals surface area contributed by atoms with Gasteiger partial charge in [-0.3, -0.25) is 4.98 Å². The van der Waals surface area contributed by atoms with E-state index in [9.17, 15) is 0 Å². The van der Waals surface area contributed by atoms with Gasteiger partial charge in [0.25, 0.3) is 0 Å². The fourth-order valence-electron chi connectivity index (χ4n) is 2.08. The van der Waals surface area contributed by atoms with Crippen molar-refractivity contribution in [2.45, 2.75) is 25.7 Å². The molecule has 18 heavy (non-hydrogen) atoms. The fraction of sp³-hybridized carbons (Fsp3) is 0.312. The molecule has 0 spiro atoms. The van der Waals surface area contributed by atoms with E-state index in [1.165, 1.54) is 16.7 Å². The van der Waals surface area contributed by atoms with Gasteiger partial charge in [-0.1, -0.05) is 30.3 Å². The molecule has 0 saturated heterocycles. The summed E-state index contributed by atoms with van der Waals surface area (Å²) in [5, 5.41) is 0. The van der Waals surface area contributed by atoms with Crippen LogP contribution < -0.4 is 5.73 Å². The smallest absolute Gasteiger partial charge is 0.0299 e. The molecular weight excluding hydrogens is 220 g/mol. The van der Waals surface area contributed by atoms with Crippen molar-refractivity contribution in [3.8, 4) is 0 Å². The first-order valence-corrected chi connectivity index (χ1v) is 6.55. The minimum absolute atomic E-state index is 0.764. The number of rotatable bonds is 6. The molecule has 2 N–H and O–H groups in total. The van der Waals surface area contributed by atoms with Crippen molar-refractivity contribution in [2.24, 2.45) is 5.73 Å². The topological polar surface area (TPSA) is 38.9 Å². The van der Waals surface area contributed by atoms with Gasteiger partial charge in [-0.2, -0.15) is 0 Å². The first-order chi connectivity index (χ1) is 8.88. The number of aryl methyl sites for hydroxylation is 3. The Morgan fingerprint density at radius 1 is 0.889 bits per heavy atom. The third-order valence-electron chi connectivity index (χ3n) is 3.09. The number of aromatic nitrogens is 1. The van der Waals surface area contributed by atoms with E-state index < -0.39 is 0 Å². The Morgan fingerprint density at radius 3 is 2.33 bits per heavy atom. The predicted molar refractivity (Wildman–Crippen MR) is 75.5 cm³/mol. The minimum atomic E-state index is 0.764. The predicted octanol–water partition coefficient (Wildman–Crippen LogP) is 2.76. The zero-order chi connectivity index (χ0) is 12.6. The van der Waals surface area contributed by atoms with E-state index in [0.717, 1.165) is 32.2 Å². The summed E-state index contributed by atoms with van der Waals surface area (Å²) in [5.41, 5.74) is 9.63. The van der Waals surface area contributed by atoms with Crippen LogP contribution in [0.5, 0.6) is 0 Å². The molecule has 2 aromatic rings. The Hall–Kier alpha value is -1.67. The van der Waals surface area contributed by atoms with E-state index in [4.69, 9.17) is 5.73 Å². The number of hydrogen-bond acceptors (Lipinski definition) is 2. The summed E-state index contributed by atoms with van der Waals surface area (Å²) < 4.78 is 0. The maximum atomic E-state index is 5.54. The second-order valence-electron chi connectivity index (χ2n) is 4.57. The van der Waals surface area contributed by atoms with Crippen LogP contribution in [0.25, 0.3) is 0 Å². The zero-order valence-corrected chi connectivity index (χ0v) is 10.7. The van der Waals surface area contributed by atoms with Crippen LogP contribution in [-0.2, 0) is 19.3 Å².